The van der Waals surface area contributed by atoms with Crippen molar-refractivity contribution >= 4 is 44.9 Å². The molecule has 1 aromatic carbocycles. The number of benzene rings is 1. The molecule has 162 valence electrons. The Bertz CT molecular complexity index is 1240. The number of methoxy groups -OCH3 is 1. The predicted molar refractivity (Wildman–Crippen MR) is 128 cm³/mol. The predicted octanol–water partition coefficient (Wildman–Crippen LogP) is 4.02. The molecule has 1 saturated heterocycles. The van der Waals surface area contributed by atoms with Crippen LogP contribution in [0.4, 0.5) is 0 Å². The van der Waals surface area contributed by atoms with Gasteiger partial charge in [0.1, 0.15) is 0 Å². The number of carbonyl (C=O) groups is 1. The van der Waals surface area contributed by atoms with Crippen LogP contribution in [0.3, 0.4) is 0 Å². The van der Waals surface area contributed by atoms with Gasteiger partial charge in [-0.2, -0.15) is 0 Å². The Morgan fingerprint density at radius 3 is 2.81 bits per heavy atom. The summed E-state index contributed by atoms with van der Waals surface area (Å²) in [6.07, 6.45) is 4.04. The topological polar surface area (TPSA) is 72.3 Å². The third-order valence-electron chi connectivity index (χ3n) is 5.55. The largest absolute Gasteiger partial charge is 0.469 e. The molecule has 0 spiro atoms. The third-order valence-corrected chi connectivity index (χ3v) is 6.94. The van der Waals surface area contributed by atoms with Crippen molar-refractivity contribution in [2.45, 2.75) is 18.5 Å². The molecule has 0 radical (unpaired) electrons. The van der Waals surface area contributed by atoms with Crippen LogP contribution in [0.25, 0.3) is 15.3 Å². The maximum absolute atomic E-state index is 11.9. The molecule has 4 aromatic rings. The molecular weight excluding hydrogens is 442 g/mol. The van der Waals surface area contributed by atoms with Crippen molar-refractivity contribution < 1.29 is 9.53 Å². The normalized spacial score (nSPS) is 18.2. The number of pyridine rings is 1. The summed E-state index contributed by atoms with van der Waals surface area (Å²) in [5.74, 6) is -0.269. The highest BCUT2D eigenvalue weighted by Crippen LogP contribution is 2.40. The van der Waals surface area contributed by atoms with Gasteiger partial charge in [-0.25, -0.2) is 4.98 Å². The minimum absolute atomic E-state index is 0.163. The monoisotopic (exact) mass is 463 g/mol. The van der Waals surface area contributed by atoms with Gasteiger partial charge in [0.15, 0.2) is 10.2 Å². The minimum Gasteiger partial charge on any atom is -0.469 e. The molecule has 7 nitrogen and oxygen atoms in total. The molecule has 1 aliphatic heterocycles. The highest BCUT2D eigenvalue weighted by atomic mass is 32.1. The molecule has 0 saturated carbocycles. The second kappa shape index (κ2) is 8.68. The molecule has 3 aromatic heterocycles. The van der Waals surface area contributed by atoms with Crippen molar-refractivity contribution in [3.8, 4) is 5.13 Å². The second-order valence-corrected chi connectivity index (χ2v) is 8.81. The van der Waals surface area contributed by atoms with Gasteiger partial charge in [-0.1, -0.05) is 29.5 Å². The molecule has 9 heteroatoms. The first-order valence-electron chi connectivity index (χ1n) is 10.2. The standard InChI is InChI=1S/C23H21N5O2S2/c1-30-19(29)11-14-28-21(20(26-22(28)31)16-8-4-5-12-24-16)17-9-6-13-27(17)23-25-15-7-2-3-10-18(15)32-23/h2-10,12-13,20-21H,11,14H2,1H3,(H,26,31)/t20-,21-/m0/s1. The van der Waals surface area contributed by atoms with Crippen LogP contribution in [0.1, 0.15) is 29.9 Å². The van der Waals surface area contributed by atoms with Gasteiger partial charge < -0.3 is 15.0 Å². The van der Waals surface area contributed by atoms with Gasteiger partial charge in [0.05, 0.1) is 47.2 Å². The SMILES string of the molecule is COC(=O)CCN1C(=S)N[C@@H](c2ccccn2)[C@@H]1c1cccn1-c1nc2ccccc2s1. The number of rotatable bonds is 6. The smallest absolute Gasteiger partial charge is 0.307 e. The van der Waals surface area contributed by atoms with Crippen LogP contribution in [0.15, 0.2) is 67.0 Å². The molecule has 5 rings (SSSR count). The Kier molecular flexibility index (Phi) is 5.59. The van der Waals surface area contributed by atoms with Gasteiger partial charge in [0, 0.05) is 18.9 Å². The van der Waals surface area contributed by atoms with Crippen LogP contribution in [0.5, 0.6) is 0 Å². The van der Waals surface area contributed by atoms with Crippen LogP contribution in [0, 0.1) is 0 Å². The minimum atomic E-state index is -0.269. The Morgan fingerprint density at radius 1 is 1.19 bits per heavy atom. The molecule has 0 unspecified atom stereocenters. The molecule has 1 N–H and O–H groups in total. The summed E-state index contributed by atoms with van der Waals surface area (Å²) in [7, 11) is 1.40. The van der Waals surface area contributed by atoms with E-state index in [4.69, 9.17) is 21.9 Å². The van der Waals surface area contributed by atoms with Crippen molar-refractivity contribution in [2.75, 3.05) is 13.7 Å². The van der Waals surface area contributed by atoms with Crippen LogP contribution < -0.4 is 5.32 Å². The fourth-order valence-corrected chi connectivity index (χ4v) is 5.36. The average Bonchev–Trinajstić information content (AvgIpc) is 3.54. The van der Waals surface area contributed by atoms with Crippen LogP contribution in [-0.4, -0.2) is 44.2 Å². The number of thiazole rings is 1. The molecule has 2 atom stereocenters. The third kappa shape index (κ3) is 3.74. The van der Waals surface area contributed by atoms with E-state index >= 15 is 0 Å². The van der Waals surface area contributed by atoms with Gasteiger partial charge in [0.2, 0.25) is 0 Å². The van der Waals surface area contributed by atoms with Crippen molar-refractivity contribution in [1.29, 1.82) is 0 Å². The summed E-state index contributed by atoms with van der Waals surface area (Å²) < 4.78 is 8.09. The van der Waals surface area contributed by atoms with Gasteiger partial charge in [-0.3, -0.25) is 14.3 Å². The number of thiocarbonyl (C=S) groups is 1. The number of hydrogen-bond acceptors (Lipinski definition) is 6. The van der Waals surface area contributed by atoms with Crippen molar-refractivity contribution in [1.82, 2.24) is 24.8 Å². The number of nitrogens with zero attached hydrogens (tertiary/aromatic N) is 4. The number of fused-ring (bicyclic) bond motifs is 1. The van der Waals surface area contributed by atoms with Crippen molar-refractivity contribution in [2.24, 2.45) is 0 Å². The first-order valence-corrected chi connectivity index (χ1v) is 11.5. The van der Waals surface area contributed by atoms with E-state index in [0.29, 0.717) is 11.7 Å². The molecule has 0 bridgehead atoms. The van der Waals surface area contributed by atoms with E-state index in [1.807, 2.05) is 53.6 Å². The number of para-hydroxylation sites is 1. The number of esters is 1. The number of ether oxygens (including phenoxy) is 1. The molecular formula is C23H21N5O2S2. The van der Waals surface area contributed by atoms with Gasteiger partial charge >= 0.3 is 5.97 Å². The van der Waals surface area contributed by atoms with Gasteiger partial charge in [0.25, 0.3) is 0 Å². The molecule has 0 amide bonds. The first kappa shape index (κ1) is 20.6. The summed E-state index contributed by atoms with van der Waals surface area (Å²) >= 11 is 7.32. The molecule has 4 heterocycles. The van der Waals surface area contributed by atoms with E-state index in [1.54, 1.807) is 17.5 Å². The second-order valence-electron chi connectivity index (χ2n) is 7.41. The molecule has 32 heavy (non-hydrogen) atoms. The Hall–Kier alpha value is -3.30. The lowest BCUT2D eigenvalue weighted by Gasteiger charge is -2.28. The summed E-state index contributed by atoms with van der Waals surface area (Å²) in [5.41, 5.74) is 2.88. The van der Waals surface area contributed by atoms with Crippen LogP contribution in [0.2, 0.25) is 0 Å². The molecule has 0 aliphatic carbocycles. The van der Waals surface area contributed by atoms with E-state index in [9.17, 15) is 4.79 Å². The molecule has 1 aliphatic rings. The van der Waals surface area contributed by atoms with Crippen molar-refractivity contribution in [3.05, 3.63) is 78.4 Å². The van der Waals surface area contributed by atoms with E-state index in [1.165, 1.54) is 7.11 Å². The lowest BCUT2D eigenvalue weighted by Crippen LogP contribution is -2.32. The first-order chi connectivity index (χ1) is 15.7. The number of hydrogen-bond donors (Lipinski definition) is 1. The summed E-state index contributed by atoms with van der Waals surface area (Å²) in [6, 6.07) is 17.7. The van der Waals surface area contributed by atoms with E-state index < -0.39 is 0 Å². The maximum atomic E-state index is 11.9. The maximum Gasteiger partial charge on any atom is 0.307 e. The highest BCUT2D eigenvalue weighted by Gasteiger charge is 2.41. The fraction of sp³-hybridized carbons (Fsp3) is 0.217. The van der Waals surface area contributed by atoms with Crippen molar-refractivity contribution in [3.63, 3.8) is 0 Å². The van der Waals surface area contributed by atoms with Crippen LogP contribution in [-0.2, 0) is 9.53 Å². The zero-order chi connectivity index (χ0) is 22.1. The Morgan fingerprint density at radius 2 is 2.03 bits per heavy atom. The van der Waals surface area contributed by atoms with E-state index in [2.05, 4.69) is 27.0 Å². The average molecular weight is 464 g/mol. The number of carbonyl (C=O) groups excluding carboxylic acids is 1. The lowest BCUT2D eigenvalue weighted by atomic mass is 10.0. The Balaban J connectivity index is 1.58. The van der Waals surface area contributed by atoms with Gasteiger partial charge in [-0.05, 0) is 48.6 Å². The zero-order valence-corrected chi connectivity index (χ0v) is 19.0. The Labute approximate surface area is 194 Å². The fourth-order valence-electron chi connectivity index (χ4n) is 4.05. The summed E-state index contributed by atoms with van der Waals surface area (Å²) in [4.78, 5) is 23.3. The number of aromatic nitrogens is 3. The van der Waals surface area contributed by atoms with E-state index in [-0.39, 0.29) is 24.5 Å². The summed E-state index contributed by atoms with van der Waals surface area (Å²) in [5, 5.41) is 4.89. The quantitative estimate of drug-likeness (QED) is 0.342. The van der Waals surface area contributed by atoms with E-state index in [0.717, 1.165) is 26.7 Å². The molecule has 1 fully saturated rings. The van der Waals surface area contributed by atoms with Crippen LogP contribution >= 0.6 is 23.6 Å². The van der Waals surface area contributed by atoms with Gasteiger partial charge in [-0.15, -0.1) is 0 Å². The lowest BCUT2D eigenvalue weighted by molar-refractivity contribution is -0.140. The zero-order valence-electron chi connectivity index (χ0n) is 17.3. The summed E-state index contributed by atoms with van der Waals surface area (Å²) in [6.45, 7) is 0.442. The highest BCUT2D eigenvalue weighted by molar-refractivity contribution is 7.80. The number of nitrogens with one attached hydrogen (secondary N) is 1.